The van der Waals surface area contributed by atoms with Gasteiger partial charge in [-0.2, -0.15) is 5.10 Å². The van der Waals surface area contributed by atoms with Crippen molar-refractivity contribution in [3.05, 3.63) is 16.0 Å². The largest absolute Gasteiger partial charge is 0.378 e. The average Bonchev–Trinajstić information content (AvgIpc) is 2.85. The van der Waals surface area contributed by atoms with Crippen LogP contribution in [0.25, 0.3) is 10.7 Å². The molecule has 0 aromatic carbocycles. The SMILES string of the molecule is CCn1c(-c2scnc2COC)n[nH]c1=S. The minimum Gasteiger partial charge on any atom is -0.378 e. The highest BCUT2D eigenvalue weighted by Gasteiger charge is 2.14. The summed E-state index contributed by atoms with van der Waals surface area (Å²) in [5.74, 6) is 0.835. The number of rotatable bonds is 4. The first-order valence-electron chi connectivity index (χ1n) is 4.84. The van der Waals surface area contributed by atoms with Gasteiger partial charge in [0.2, 0.25) is 0 Å². The number of H-pyrrole nitrogens is 1. The van der Waals surface area contributed by atoms with Crippen LogP contribution in [0.4, 0.5) is 0 Å². The van der Waals surface area contributed by atoms with Crippen molar-refractivity contribution in [2.45, 2.75) is 20.1 Å². The molecule has 0 amide bonds. The molecule has 5 nitrogen and oxygen atoms in total. The number of thiazole rings is 1. The Bertz CT molecular complexity index is 528. The Balaban J connectivity index is 2.49. The van der Waals surface area contributed by atoms with Gasteiger partial charge >= 0.3 is 0 Å². The standard InChI is InChI=1S/C9H12N4OS2/c1-3-13-8(11-12-9(13)15)7-6(4-14-2)10-5-16-7/h5H,3-4H2,1-2H3,(H,12,15). The van der Waals surface area contributed by atoms with E-state index in [0.717, 1.165) is 22.9 Å². The maximum atomic E-state index is 5.15. The summed E-state index contributed by atoms with van der Waals surface area (Å²) in [6, 6.07) is 0. The summed E-state index contributed by atoms with van der Waals surface area (Å²) >= 11 is 6.70. The highest BCUT2D eigenvalue weighted by atomic mass is 32.1. The van der Waals surface area contributed by atoms with Crippen molar-refractivity contribution in [1.29, 1.82) is 0 Å². The molecule has 1 N–H and O–H groups in total. The molecule has 0 aliphatic carbocycles. The van der Waals surface area contributed by atoms with E-state index in [2.05, 4.69) is 15.2 Å². The van der Waals surface area contributed by atoms with Gasteiger partial charge in [0, 0.05) is 13.7 Å². The third-order valence-corrected chi connectivity index (χ3v) is 3.38. The van der Waals surface area contributed by atoms with Crippen LogP contribution in [0.5, 0.6) is 0 Å². The summed E-state index contributed by atoms with van der Waals surface area (Å²) in [5.41, 5.74) is 2.69. The van der Waals surface area contributed by atoms with Gasteiger partial charge in [0.05, 0.1) is 22.7 Å². The van der Waals surface area contributed by atoms with Gasteiger partial charge in [-0.1, -0.05) is 0 Å². The molecule has 2 rings (SSSR count). The van der Waals surface area contributed by atoms with Crippen LogP contribution in [-0.4, -0.2) is 26.9 Å². The van der Waals surface area contributed by atoms with Crippen LogP contribution in [0.1, 0.15) is 12.6 Å². The van der Waals surface area contributed by atoms with Gasteiger partial charge in [-0.25, -0.2) is 4.98 Å². The van der Waals surface area contributed by atoms with Gasteiger partial charge in [0.15, 0.2) is 10.6 Å². The van der Waals surface area contributed by atoms with E-state index in [0.29, 0.717) is 11.4 Å². The molecule has 0 aliphatic heterocycles. The Labute approximate surface area is 102 Å². The fourth-order valence-corrected chi connectivity index (χ4v) is 2.53. The number of nitrogens with zero attached hydrogens (tertiary/aromatic N) is 3. The maximum absolute atomic E-state index is 5.15. The van der Waals surface area contributed by atoms with Crippen LogP contribution in [0.2, 0.25) is 0 Å². The summed E-state index contributed by atoms with van der Waals surface area (Å²) in [5, 5.41) is 7.03. The van der Waals surface area contributed by atoms with Crippen molar-refractivity contribution in [2.24, 2.45) is 0 Å². The lowest BCUT2D eigenvalue weighted by Gasteiger charge is -2.02. The summed E-state index contributed by atoms with van der Waals surface area (Å²) in [4.78, 5) is 5.27. The minimum atomic E-state index is 0.488. The Morgan fingerprint density at radius 3 is 3.12 bits per heavy atom. The second-order valence-electron chi connectivity index (χ2n) is 3.16. The Morgan fingerprint density at radius 1 is 1.62 bits per heavy atom. The number of ether oxygens (including phenoxy) is 1. The Hall–Kier alpha value is -1.05. The lowest BCUT2D eigenvalue weighted by molar-refractivity contribution is 0.182. The molecule has 0 unspecified atom stereocenters. The summed E-state index contributed by atoms with van der Waals surface area (Å²) in [6.07, 6.45) is 0. The second-order valence-corrected chi connectivity index (χ2v) is 4.40. The average molecular weight is 256 g/mol. The van der Waals surface area contributed by atoms with E-state index in [9.17, 15) is 0 Å². The molecule has 16 heavy (non-hydrogen) atoms. The number of hydrogen-bond acceptors (Lipinski definition) is 5. The first kappa shape index (κ1) is 11.4. The number of methoxy groups -OCH3 is 1. The lowest BCUT2D eigenvalue weighted by atomic mass is 10.3. The van der Waals surface area contributed by atoms with Crippen molar-refractivity contribution in [2.75, 3.05) is 7.11 Å². The number of aromatic amines is 1. The zero-order valence-electron chi connectivity index (χ0n) is 9.06. The monoisotopic (exact) mass is 256 g/mol. The first-order valence-corrected chi connectivity index (χ1v) is 6.13. The summed E-state index contributed by atoms with van der Waals surface area (Å²) < 4.78 is 7.68. The normalized spacial score (nSPS) is 10.9. The van der Waals surface area contributed by atoms with E-state index < -0.39 is 0 Å². The van der Waals surface area contributed by atoms with Crippen LogP contribution in [-0.2, 0) is 17.9 Å². The predicted molar refractivity (Wildman–Crippen MR) is 64.9 cm³/mol. The number of nitrogens with one attached hydrogen (secondary N) is 1. The molecule has 0 fully saturated rings. The molecule has 86 valence electrons. The smallest absolute Gasteiger partial charge is 0.195 e. The Morgan fingerprint density at radius 2 is 2.44 bits per heavy atom. The molecule has 0 aliphatic rings. The van der Waals surface area contributed by atoms with Crippen molar-refractivity contribution in [3.63, 3.8) is 0 Å². The highest BCUT2D eigenvalue weighted by molar-refractivity contribution is 7.71. The van der Waals surface area contributed by atoms with E-state index in [-0.39, 0.29) is 0 Å². The van der Waals surface area contributed by atoms with Crippen molar-refractivity contribution < 1.29 is 4.74 Å². The number of aromatic nitrogens is 4. The third-order valence-electron chi connectivity index (χ3n) is 2.20. The molecule has 0 bridgehead atoms. The molecule has 0 saturated heterocycles. The quantitative estimate of drug-likeness (QED) is 0.852. The molecule has 7 heteroatoms. The molecule has 2 heterocycles. The van der Waals surface area contributed by atoms with Gasteiger partial charge in [-0.3, -0.25) is 9.67 Å². The van der Waals surface area contributed by atoms with Crippen molar-refractivity contribution in [1.82, 2.24) is 19.7 Å². The summed E-state index contributed by atoms with van der Waals surface area (Å²) in [6.45, 7) is 3.31. The minimum absolute atomic E-state index is 0.488. The molecular formula is C9H12N4OS2. The molecule has 2 aromatic rings. The highest BCUT2D eigenvalue weighted by Crippen LogP contribution is 2.26. The third kappa shape index (κ3) is 1.93. The van der Waals surface area contributed by atoms with Gasteiger partial charge in [-0.15, -0.1) is 11.3 Å². The molecule has 2 aromatic heterocycles. The Kier molecular flexibility index (Phi) is 3.47. The van der Waals surface area contributed by atoms with Crippen LogP contribution >= 0.6 is 23.6 Å². The van der Waals surface area contributed by atoms with Gasteiger partial charge in [-0.05, 0) is 19.1 Å². The van der Waals surface area contributed by atoms with Gasteiger partial charge in [0.1, 0.15) is 0 Å². The van der Waals surface area contributed by atoms with E-state index in [4.69, 9.17) is 17.0 Å². The van der Waals surface area contributed by atoms with Crippen LogP contribution in [0, 0.1) is 4.77 Å². The van der Waals surface area contributed by atoms with E-state index in [1.54, 1.807) is 24.0 Å². The predicted octanol–water partition coefficient (Wildman–Crippen LogP) is 2.23. The van der Waals surface area contributed by atoms with Crippen LogP contribution in [0.15, 0.2) is 5.51 Å². The lowest BCUT2D eigenvalue weighted by Crippen LogP contribution is -1.99. The fraction of sp³-hybridized carbons (Fsp3) is 0.444. The van der Waals surface area contributed by atoms with Crippen LogP contribution < -0.4 is 0 Å². The molecular weight excluding hydrogens is 244 g/mol. The van der Waals surface area contributed by atoms with E-state index in [1.165, 1.54) is 0 Å². The molecule has 0 atom stereocenters. The molecule has 0 saturated carbocycles. The number of hydrogen-bond donors (Lipinski definition) is 1. The van der Waals surface area contributed by atoms with E-state index >= 15 is 0 Å². The molecule has 0 radical (unpaired) electrons. The summed E-state index contributed by atoms with van der Waals surface area (Å²) in [7, 11) is 1.65. The zero-order valence-corrected chi connectivity index (χ0v) is 10.7. The van der Waals surface area contributed by atoms with Gasteiger partial charge in [0.25, 0.3) is 0 Å². The fourth-order valence-electron chi connectivity index (χ4n) is 1.48. The van der Waals surface area contributed by atoms with Crippen LogP contribution in [0.3, 0.4) is 0 Å². The van der Waals surface area contributed by atoms with E-state index in [1.807, 2.05) is 11.5 Å². The zero-order chi connectivity index (χ0) is 11.5. The molecule has 0 spiro atoms. The van der Waals surface area contributed by atoms with Crippen molar-refractivity contribution >= 4 is 23.6 Å². The topological polar surface area (TPSA) is 55.7 Å². The second kappa shape index (κ2) is 4.86. The first-order chi connectivity index (χ1) is 7.77. The van der Waals surface area contributed by atoms with Crippen molar-refractivity contribution in [3.8, 4) is 10.7 Å². The maximum Gasteiger partial charge on any atom is 0.195 e. The van der Waals surface area contributed by atoms with Gasteiger partial charge < -0.3 is 4.74 Å².